The van der Waals surface area contributed by atoms with E-state index in [2.05, 4.69) is 4.98 Å². The fourth-order valence-electron chi connectivity index (χ4n) is 2.65. The summed E-state index contributed by atoms with van der Waals surface area (Å²) < 4.78 is 1.43. The minimum Gasteiger partial charge on any atom is -0.334 e. The largest absolute Gasteiger partial charge is 0.334 e. The number of amides is 1. The van der Waals surface area contributed by atoms with Gasteiger partial charge in [0.1, 0.15) is 11.2 Å². The van der Waals surface area contributed by atoms with Crippen LogP contribution in [0, 0.1) is 0 Å². The van der Waals surface area contributed by atoms with Crippen LogP contribution in [0.2, 0.25) is 0 Å². The molecule has 0 aromatic carbocycles. The van der Waals surface area contributed by atoms with Crippen LogP contribution in [-0.4, -0.2) is 32.4 Å². The molecule has 0 aliphatic heterocycles. The van der Waals surface area contributed by atoms with Gasteiger partial charge in [0.25, 0.3) is 11.5 Å². The monoisotopic (exact) mass is 287 g/mol. The molecule has 2 aromatic heterocycles. The number of pyridine rings is 2. The van der Waals surface area contributed by atoms with E-state index in [0.717, 1.165) is 5.39 Å². The molecule has 0 N–H and O–H groups in total. The standard InChI is InChI=1S/C16H21N3O2/c1-10(2)19(11(3)4)16(21)13-9-12-7-6-8-17-14(12)18(5)15(13)20/h6-11H,1-5H3. The van der Waals surface area contributed by atoms with Crippen LogP contribution in [0.1, 0.15) is 38.1 Å². The molecule has 2 heterocycles. The summed E-state index contributed by atoms with van der Waals surface area (Å²) >= 11 is 0. The van der Waals surface area contributed by atoms with E-state index in [9.17, 15) is 9.59 Å². The Morgan fingerprint density at radius 1 is 1.24 bits per heavy atom. The van der Waals surface area contributed by atoms with Crippen LogP contribution >= 0.6 is 0 Å². The Morgan fingerprint density at radius 3 is 2.43 bits per heavy atom. The Morgan fingerprint density at radius 2 is 1.86 bits per heavy atom. The van der Waals surface area contributed by atoms with E-state index in [-0.39, 0.29) is 29.1 Å². The van der Waals surface area contributed by atoms with Gasteiger partial charge >= 0.3 is 0 Å². The minimum absolute atomic E-state index is 0.0341. The molecule has 0 saturated heterocycles. The molecule has 0 saturated carbocycles. The van der Waals surface area contributed by atoms with E-state index in [1.165, 1.54) is 4.57 Å². The first kappa shape index (κ1) is 15.2. The van der Waals surface area contributed by atoms with E-state index in [0.29, 0.717) is 5.65 Å². The highest BCUT2D eigenvalue weighted by molar-refractivity contribution is 5.97. The number of fused-ring (bicyclic) bond motifs is 1. The number of carbonyl (C=O) groups is 1. The van der Waals surface area contributed by atoms with Crippen molar-refractivity contribution in [3.05, 3.63) is 40.3 Å². The van der Waals surface area contributed by atoms with Crippen molar-refractivity contribution < 1.29 is 4.79 Å². The van der Waals surface area contributed by atoms with Gasteiger partial charge in [-0.15, -0.1) is 0 Å². The lowest BCUT2D eigenvalue weighted by Gasteiger charge is -2.30. The van der Waals surface area contributed by atoms with Crippen LogP contribution < -0.4 is 5.56 Å². The third kappa shape index (κ3) is 2.68. The second-order valence-corrected chi connectivity index (χ2v) is 5.74. The fourth-order valence-corrected chi connectivity index (χ4v) is 2.65. The van der Waals surface area contributed by atoms with Crippen LogP contribution in [0.3, 0.4) is 0 Å². The molecule has 0 aliphatic rings. The molecule has 0 unspecified atom stereocenters. The zero-order chi connectivity index (χ0) is 15.7. The van der Waals surface area contributed by atoms with Gasteiger partial charge in [-0.1, -0.05) is 0 Å². The van der Waals surface area contributed by atoms with Crippen LogP contribution in [0.5, 0.6) is 0 Å². The van der Waals surface area contributed by atoms with Crippen molar-refractivity contribution in [3.8, 4) is 0 Å². The summed E-state index contributed by atoms with van der Waals surface area (Å²) in [5.41, 5.74) is 0.470. The van der Waals surface area contributed by atoms with Gasteiger partial charge in [-0.3, -0.25) is 14.2 Å². The van der Waals surface area contributed by atoms with Crippen molar-refractivity contribution in [1.82, 2.24) is 14.5 Å². The number of hydrogen-bond acceptors (Lipinski definition) is 3. The van der Waals surface area contributed by atoms with Crippen LogP contribution in [0.4, 0.5) is 0 Å². The van der Waals surface area contributed by atoms with Crippen LogP contribution in [0.25, 0.3) is 11.0 Å². The summed E-state index contributed by atoms with van der Waals surface area (Å²) in [7, 11) is 1.64. The van der Waals surface area contributed by atoms with E-state index in [1.54, 1.807) is 30.3 Å². The number of nitrogens with zero attached hydrogens (tertiary/aromatic N) is 3. The van der Waals surface area contributed by atoms with E-state index in [4.69, 9.17) is 0 Å². The predicted octanol–water partition coefficient (Wildman–Crippen LogP) is 2.19. The Hall–Kier alpha value is -2.17. The molecule has 0 atom stereocenters. The van der Waals surface area contributed by atoms with Crippen molar-refractivity contribution in [2.75, 3.05) is 0 Å². The van der Waals surface area contributed by atoms with Gasteiger partial charge < -0.3 is 4.90 Å². The van der Waals surface area contributed by atoms with Crippen molar-refractivity contribution in [1.29, 1.82) is 0 Å². The highest BCUT2D eigenvalue weighted by atomic mass is 16.2. The van der Waals surface area contributed by atoms with Crippen molar-refractivity contribution >= 4 is 16.9 Å². The van der Waals surface area contributed by atoms with Gasteiger partial charge in [-0.25, -0.2) is 4.98 Å². The number of rotatable bonds is 3. The third-order valence-corrected chi connectivity index (χ3v) is 3.55. The van der Waals surface area contributed by atoms with E-state index < -0.39 is 0 Å². The molecular weight excluding hydrogens is 266 g/mol. The minimum atomic E-state index is -0.308. The molecule has 21 heavy (non-hydrogen) atoms. The lowest BCUT2D eigenvalue weighted by molar-refractivity contribution is 0.0641. The van der Waals surface area contributed by atoms with Gasteiger partial charge in [0.2, 0.25) is 0 Å². The summed E-state index contributed by atoms with van der Waals surface area (Å²) in [6, 6.07) is 5.36. The topological polar surface area (TPSA) is 55.2 Å². The maximum Gasteiger partial charge on any atom is 0.264 e. The van der Waals surface area contributed by atoms with Gasteiger partial charge in [0.15, 0.2) is 0 Å². The molecule has 1 amide bonds. The van der Waals surface area contributed by atoms with Crippen molar-refractivity contribution in [3.63, 3.8) is 0 Å². The predicted molar refractivity (Wildman–Crippen MR) is 83.4 cm³/mol. The van der Waals surface area contributed by atoms with Crippen LogP contribution in [0.15, 0.2) is 29.2 Å². The first-order valence-corrected chi connectivity index (χ1v) is 7.12. The third-order valence-electron chi connectivity index (χ3n) is 3.55. The Bertz CT molecular complexity index is 724. The number of carbonyl (C=O) groups excluding carboxylic acids is 1. The van der Waals surface area contributed by atoms with Crippen molar-refractivity contribution in [2.24, 2.45) is 7.05 Å². The zero-order valence-electron chi connectivity index (χ0n) is 13.1. The molecule has 2 rings (SSSR count). The Kier molecular flexibility index (Phi) is 4.11. The molecule has 112 valence electrons. The van der Waals surface area contributed by atoms with Gasteiger partial charge in [0, 0.05) is 30.7 Å². The molecule has 5 nitrogen and oxygen atoms in total. The maximum atomic E-state index is 12.7. The highest BCUT2D eigenvalue weighted by Gasteiger charge is 2.24. The molecule has 0 radical (unpaired) electrons. The molecule has 2 aromatic rings. The van der Waals surface area contributed by atoms with E-state index in [1.807, 2.05) is 33.8 Å². The second kappa shape index (κ2) is 5.68. The Balaban J connectivity index is 2.64. The quantitative estimate of drug-likeness (QED) is 0.869. The second-order valence-electron chi connectivity index (χ2n) is 5.74. The van der Waals surface area contributed by atoms with Crippen molar-refractivity contribution in [2.45, 2.75) is 39.8 Å². The molecule has 0 spiro atoms. The molecular formula is C16H21N3O2. The van der Waals surface area contributed by atoms with Gasteiger partial charge in [-0.05, 0) is 45.9 Å². The summed E-state index contributed by atoms with van der Waals surface area (Å²) in [5, 5.41) is 0.787. The Labute approximate surface area is 124 Å². The van der Waals surface area contributed by atoms with Gasteiger partial charge in [-0.2, -0.15) is 0 Å². The smallest absolute Gasteiger partial charge is 0.264 e. The lowest BCUT2D eigenvalue weighted by atomic mass is 10.1. The normalized spacial score (nSPS) is 11.4. The molecule has 5 heteroatoms. The first-order valence-electron chi connectivity index (χ1n) is 7.12. The number of aromatic nitrogens is 2. The highest BCUT2D eigenvalue weighted by Crippen LogP contribution is 2.14. The summed E-state index contributed by atoms with van der Waals surface area (Å²) in [5.74, 6) is -0.230. The lowest BCUT2D eigenvalue weighted by Crippen LogP contribution is -2.44. The first-order chi connectivity index (χ1) is 9.84. The number of aryl methyl sites for hydroxylation is 1. The van der Waals surface area contributed by atoms with E-state index >= 15 is 0 Å². The average molecular weight is 287 g/mol. The zero-order valence-corrected chi connectivity index (χ0v) is 13.1. The number of hydrogen-bond donors (Lipinski definition) is 0. The summed E-state index contributed by atoms with van der Waals surface area (Å²) in [6.45, 7) is 7.80. The molecule has 0 fully saturated rings. The SMILES string of the molecule is CC(C)N(C(=O)c1cc2cccnc2n(C)c1=O)C(C)C. The molecule has 0 aliphatic carbocycles. The van der Waals surface area contributed by atoms with Gasteiger partial charge in [0.05, 0.1) is 0 Å². The molecule has 0 bridgehead atoms. The maximum absolute atomic E-state index is 12.7. The fraction of sp³-hybridized carbons (Fsp3) is 0.438. The van der Waals surface area contributed by atoms with Crippen LogP contribution in [-0.2, 0) is 7.05 Å². The average Bonchev–Trinajstić information content (AvgIpc) is 2.42. The summed E-state index contributed by atoms with van der Waals surface area (Å²) in [4.78, 5) is 31.1. The summed E-state index contributed by atoms with van der Waals surface area (Å²) in [6.07, 6.45) is 1.64.